The molecule has 2 fully saturated rings. The SMILES string of the molecule is Cc1noc(C2(NC(=O)NC3CC3)CC2)n1. The number of aromatic nitrogens is 2. The van der Waals surface area contributed by atoms with Crippen molar-refractivity contribution >= 4 is 6.03 Å². The summed E-state index contributed by atoms with van der Waals surface area (Å²) in [6, 6.07) is 0.232. The quantitative estimate of drug-likeness (QED) is 0.793. The van der Waals surface area contributed by atoms with Crippen LogP contribution in [0.1, 0.15) is 37.4 Å². The van der Waals surface area contributed by atoms with Crippen LogP contribution < -0.4 is 10.6 Å². The summed E-state index contributed by atoms with van der Waals surface area (Å²) in [5.74, 6) is 1.13. The molecule has 0 aromatic carbocycles. The van der Waals surface area contributed by atoms with E-state index in [2.05, 4.69) is 20.8 Å². The summed E-state index contributed by atoms with van der Waals surface area (Å²) in [4.78, 5) is 15.8. The van der Waals surface area contributed by atoms with E-state index >= 15 is 0 Å². The van der Waals surface area contributed by atoms with Gasteiger partial charge in [-0.3, -0.25) is 0 Å². The summed E-state index contributed by atoms with van der Waals surface area (Å²) in [6.07, 6.45) is 3.90. The third-order valence-corrected chi connectivity index (χ3v) is 2.95. The molecule has 2 amide bonds. The summed E-state index contributed by atoms with van der Waals surface area (Å²) < 4.78 is 5.11. The van der Waals surface area contributed by atoms with Crippen molar-refractivity contribution in [3.63, 3.8) is 0 Å². The lowest BCUT2D eigenvalue weighted by Gasteiger charge is -2.13. The minimum absolute atomic E-state index is 0.129. The van der Waals surface area contributed by atoms with Gasteiger partial charge in [-0.05, 0) is 32.6 Å². The molecule has 16 heavy (non-hydrogen) atoms. The van der Waals surface area contributed by atoms with Gasteiger partial charge in [0.2, 0.25) is 0 Å². The zero-order valence-electron chi connectivity index (χ0n) is 9.12. The van der Waals surface area contributed by atoms with Gasteiger partial charge in [0.05, 0.1) is 0 Å². The van der Waals surface area contributed by atoms with Crippen molar-refractivity contribution in [2.75, 3.05) is 0 Å². The number of hydrogen-bond donors (Lipinski definition) is 2. The van der Waals surface area contributed by atoms with Gasteiger partial charge < -0.3 is 15.2 Å². The fourth-order valence-electron chi connectivity index (χ4n) is 1.68. The zero-order valence-corrected chi connectivity index (χ0v) is 9.12. The van der Waals surface area contributed by atoms with Crippen LogP contribution in [0.15, 0.2) is 4.52 Å². The average Bonchev–Trinajstić information content (AvgIpc) is 3.12. The zero-order chi connectivity index (χ0) is 11.2. The van der Waals surface area contributed by atoms with Crippen molar-refractivity contribution in [2.24, 2.45) is 0 Å². The Morgan fingerprint density at radius 3 is 2.75 bits per heavy atom. The first kappa shape index (κ1) is 9.62. The molecule has 0 radical (unpaired) electrons. The van der Waals surface area contributed by atoms with E-state index in [0.29, 0.717) is 17.8 Å². The van der Waals surface area contributed by atoms with Crippen LogP contribution in [0, 0.1) is 6.92 Å². The van der Waals surface area contributed by atoms with Gasteiger partial charge in [0.1, 0.15) is 5.54 Å². The highest BCUT2D eigenvalue weighted by molar-refractivity contribution is 5.76. The molecular formula is C10H14N4O2. The third-order valence-electron chi connectivity index (χ3n) is 2.95. The second-order valence-corrected chi connectivity index (χ2v) is 4.60. The molecule has 2 N–H and O–H groups in total. The van der Waals surface area contributed by atoms with Gasteiger partial charge in [-0.15, -0.1) is 0 Å². The van der Waals surface area contributed by atoms with E-state index in [1.165, 1.54) is 0 Å². The van der Waals surface area contributed by atoms with Crippen molar-refractivity contribution < 1.29 is 9.32 Å². The Hall–Kier alpha value is -1.59. The Morgan fingerprint density at radius 1 is 1.50 bits per heavy atom. The van der Waals surface area contributed by atoms with E-state index in [0.717, 1.165) is 25.7 Å². The van der Waals surface area contributed by atoms with E-state index in [-0.39, 0.29) is 6.03 Å². The Bertz CT molecular complexity index is 420. The number of aryl methyl sites for hydroxylation is 1. The second-order valence-electron chi connectivity index (χ2n) is 4.60. The summed E-state index contributed by atoms with van der Waals surface area (Å²) >= 11 is 0. The number of carbonyl (C=O) groups is 1. The van der Waals surface area contributed by atoms with Gasteiger partial charge in [0.15, 0.2) is 5.82 Å². The molecular weight excluding hydrogens is 208 g/mol. The van der Waals surface area contributed by atoms with Gasteiger partial charge in [0, 0.05) is 6.04 Å². The second kappa shape index (κ2) is 3.20. The first-order valence-electron chi connectivity index (χ1n) is 5.57. The molecule has 1 aromatic rings. The average molecular weight is 222 g/mol. The molecule has 0 bridgehead atoms. The van der Waals surface area contributed by atoms with E-state index in [4.69, 9.17) is 4.52 Å². The third kappa shape index (κ3) is 1.75. The van der Waals surface area contributed by atoms with E-state index in [9.17, 15) is 4.79 Å². The fourth-order valence-corrected chi connectivity index (χ4v) is 1.68. The number of rotatable bonds is 3. The largest absolute Gasteiger partial charge is 0.337 e. The van der Waals surface area contributed by atoms with Crippen LogP contribution in [0.25, 0.3) is 0 Å². The van der Waals surface area contributed by atoms with Crippen molar-refractivity contribution in [3.05, 3.63) is 11.7 Å². The maximum atomic E-state index is 11.6. The predicted octanol–water partition coefficient (Wildman–Crippen LogP) is 0.829. The molecule has 0 unspecified atom stereocenters. The molecule has 1 heterocycles. The number of nitrogens with one attached hydrogen (secondary N) is 2. The van der Waals surface area contributed by atoms with E-state index in [1.54, 1.807) is 6.92 Å². The van der Waals surface area contributed by atoms with Crippen LogP contribution in [-0.2, 0) is 5.54 Å². The first-order valence-corrected chi connectivity index (χ1v) is 5.57. The molecule has 6 nitrogen and oxygen atoms in total. The molecule has 0 saturated heterocycles. The lowest BCUT2D eigenvalue weighted by atomic mass is 10.3. The minimum atomic E-state index is -0.403. The van der Waals surface area contributed by atoms with Crippen LogP contribution in [0.2, 0.25) is 0 Å². The monoisotopic (exact) mass is 222 g/mol. The van der Waals surface area contributed by atoms with Crippen LogP contribution in [0.3, 0.4) is 0 Å². The predicted molar refractivity (Wildman–Crippen MR) is 54.6 cm³/mol. The summed E-state index contributed by atoms with van der Waals surface area (Å²) in [7, 11) is 0. The first-order chi connectivity index (χ1) is 7.68. The maximum absolute atomic E-state index is 11.6. The topological polar surface area (TPSA) is 80.0 Å². The van der Waals surface area contributed by atoms with Crippen LogP contribution in [0.5, 0.6) is 0 Å². The van der Waals surface area contributed by atoms with E-state index in [1.807, 2.05) is 0 Å². The molecule has 2 aliphatic rings. The molecule has 3 rings (SSSR count). The number of hydrogen-bond acceptors (Lipinski definition) is 4. The highest BCUT2D eigenvalue weighted by Crippen LogP contribution is 2.44. The molecule has 2 aliphatic carbocycles. The molecule has 6 heteroatoms. The Labute approximate surface area is 92.8 Å². The molecule has 1 aromatic heterocycles. The minimum Gasteiger partial charge on any atom is -0.337 e. The molecule has 0 spiro atoms. The van der Waals surface area contributed by atoms with Crippen molar-refractivity contribution in [3.8, 4) is 0 Å². The number of urea groups is 1. The van der Waals surface area contributed by atoms with E-state index < -0.39 is 5.54 Å². The number of amides is 2. The lowest BCUT2D eigenvalue weighted by Crippen LogP contribution is -2.43. The smallest absolute Gasteiger partial charge is 0.315 e. The molecule has 0 atom stereocenters. The number of carbonyl (C=O) groups excluding carboxylic acids is 1. The Kier molecular flexibility index (Phi) is 1.92. The van der Waals surface area contributed by atoms with Gasteiger partial charge in [0.25, 0.3) is 5.89 Å². The van der Waals surface area contributed by atoms with Gasteiger partial charge >= 0.3 is 6.03 Å². The molecule has 0 aliphatic heterocycles. The van der Waals surface area contributed by atoms with Gasteiger partial charge in [-0.2, -0.15) is 4.98 Å². The van der Waals surface area contributed by atoms with Crippen LogP contribution in [-0.4, -0.2) is 22.2 Å². The van der Waals surface area contributed by atoms with Crippen molar-refractivity contribution in [1.29, 1.82) is 0 Å². The number of nitrogens with zero attached hydrogens (tertiary/aromatic N) is 2. The van der Waals surface area contributed by atoms with Crippen LogP contribution in [0.4, 0.5) is 4.79 Å². The normalized spacial score (nSPS) is 21.6. The summed E-state index contributed by atoms with van der Waals surface area (Å²) in [5.41, 5.74) is -0.403. The highest BCUT2D eigenvalue weighted by Gasteiger charge is 2.51. The maximum Gasteiger partial charge on any atom is 0.315 e. The lowest BCUT2D eigenvalue weighted by molar-refractivity contribution is 0.229. The Balaban J connectivity index is 1.66. The summed E-state index contributed by atoms with van der Waals surface area (Å²) in [6.45, 7) is 1.77. The van der Waals surface area contributed by atoms with Crippen molar-refractivity contribution in [1.82, 2.24) is 20.8 Å². The molecule has 2 saturated carbocycles. The standard InChI is InChI=1S/C10H14N4O2/c1-6-11-8(16-14-6)10(4-5-10)13-9(15)12-7-2-3-7/h7H,2-5H2,1H3,(H2,12,13,15). The van der Waals surface area contributed by atoms with Crippen molar-refractivity contribution in [2.45, 2.75) is 44.2 Å². The van der Waals surface area contributed by atoms with Gasteiger partial charge in [-0.25, -0.2) is 4.79 Å². The Morgan fingerprint density at radius 2 is 2.25 bits per heavy atom. The summed E-state index contributed by atoms with van der Waals surface area (Å²) in [5, 5.41) is 9.55. The molecule has 86 valence electrons. The van der Waals surface area contributed by atoms with Gasteiger partial charge in [-0.1, -0.05) is 5.16 Å². The highest BCUT2D eigenvalue weighted by atomic mass is 16.5. The fraction of sp³-hybridized carbons (Fsp3) is 0.700. The van der Waals surface area contributed by atoms with Crippen LogP contribution >= 0.6 is 0 Å².